The number of nitrogen functional groups attached to an aromatic ring is 1. The van der Waals surface area contributed by atoms with Crippen molar-refractivity contribution in [3.05, 3.63) is 52.7 Å². The van der Waals surface area contributed by atoms with E-state index in [1.165, 1.54) is 16.7 Å². The lowest BCUT2D eigenvalue weighted by Crippen LogP contribution is -2.08. The SMILES string of the molecule is Cc1ccc(CCNc2ccc(N)c(C)n2)c(C)c1. The first-order valence-electron chi connectivity index (χ1n) is 6.59. The van der Waals surface area contributed by atoms with E-state index < -0.39 is 0 Å². The lowest BCUT2D eigenvalue weighted by Gasteiger charge is -2.09. The minimum atomic E-state index is 0.736. The Morgan fingerprint density at radius 3 is 2.58 bits per heavy atom. The maximum absolute atomic E-state index is 5.75. The average Bonchev–Trinajstić information content (AvgIpc) is 2.36. The van der Waals surface area contributed by atoms with Crippen LogP contribution in [-0.2, 0) is 6.42 Å². The highest BCUT2D eigenvalue weighted by atomic mass is 15.0. The number of rotatable bonds is 4. The number of nitrogens with zero attached hydrogens (tertiary/aromatic N) is 1. The summed E-state index contributed by atoms with van der Waals surface area (Å²) in [4.78, 5) is 4.40. The Morgan fingerprint density at radius 1 is 1.11 bits per heavy atom. The first-order chi connectivity index (χ1) is 9.06. The Kier molecular flexibility index (Phi) is 4.05. The van der Waals surface area contributed by atoms with Crippen molar-refractivity contribution in [2.24, 2.45) is 0 Å². The van der Waals surface area contributed by atoms with Gasteiger partial charge in [0.2, 0.25) is 0 Å². The molecule has 0 radical (unpaired) electrons. The Hall–Kier alpha value is -2.03. The van der Waals surface area contributed by atoms with E-state index in [9.17, 15) is 0 Å². The Labute approximate surface area is 114 Å². The van der Waals surface area contributed by atoms with Gasteiger partial charge in [-0.1, -0.05) is 23.8 Å². The predicted octanol–water partition coefficient (Wildman–Crippen LogP) is 3.24. The van der Waals surface area contributed by atoms with Crippen molar-refractivity contribution >= 4 is 11.5 Å². The highest BCUT2D eigenvalue weighted by Crippen LogP contribution is 2.13. The normalized spacial score (nSPS) is 10.5. The Balaban J connectivity index is 1.94. The zero-order valence-corrected chi connectivity index (χ0v) is 11.8. The molecule has 3 nitrogen and oxygen atoms in total. The molecule has 0 unspecified atom stereocenters. The summed E-state index contributed by atoms with van der Waals surface area (Å²) in [6.45, 7) is 7.08. The number of aryl methyl sites for hydroxylation is 3. The van der Waals surface area contributed by atoms with Crippen molar-refractivity contribution in [1.82, 2.24) is 4.98 Å². The van der Waals surface area contributed by atoms with Crippen LogP contribution in [0.25, 0.3) is 0 Å². The van der Waals surface area contributed by atoms with Crippen molar-refractivity contribution in [3.63, 3.8) is 0 Å². The molecule has 0 atom stereocenters. The molecule has 100 valence electrons. The molecule has 0 spiro atoms. The van der Waals surface area contributed by atoms with E-state index in [1.54, 1.807) is 0 Å². The van der Waals surface area contributed by atoms with Crippen LogP contribution in [0.5, 0.6) is 0 Å². The second kappa shape index (κ2) is 5.74. The van der Waals surface area contributed by atoms with Gasteiger partial charge in [0.1, 0.15) is 5.82 Å². The van der Waals surface area contributed by atoms with Crippen LogP contribution in [0.1, 0.15) is 22.4 Å². The molecule has 0 bridgehead atoms. The van der Waals surface area contributed by atoms with Crippen LogP contribution >= 0.6 is 0 Å². The molecule has 1 aromatic heterocycles. The van der Waals surface area contributed by atoms with Gasteiger partial charge in [0.05, 0.1) is 11.4 Å². The summed E-state index contributed by atoms with van der Waals surface area (Å²) in [5.74, 6) is 0.886. The van der Waals surface area contributed by atoms with Crippen molar-refractivity contribution < 1.29 is 0 Å². The molecule has 2 aromatic rings. The third-order valence-electron chi connectivity index (χ3n) is 3.33. The third kappa shape index (κ3) is 3.47. The number of anilines is 2. The number of benzene rings is 1. The first-order valence-corrected chi connectivity index (χ1v) is 6.59. The van der Waals surface area contributed by atoms with Gasteiger partial charge in [-0.15, -0.1) is 0 Å². The molecule has 0 fully saturated rings. The van der Waals surface area contributed by atoms with Crippen LogP contribution in [0.2, 0.25) is 0 Å². The fourth-order valence-electron chi connectivity index (χ4n) is 2.12. The lowest BCUT2D eigenvalue weighted by atomic mass is 10.0. The topological polar surface area (TPSA) is 50.9 Å². The predicted molar refractivity (Wildman–Crippen MR) is 81.5 cm³/mol. The van der Waals surface area contributed by atoms with Gasteiger partial charge in [-0.3, -0.25) is 0 Å². The molecule has 19 heavy (non-hydrogen) atoms. The number of hydrogen-bond donors (Lipinski definition) is 2. The summed E-state index contributed by atoms with van der Waals surface area (Å²) in [7, 11) is 0. The van der Waals surface area contributed by atoms with E-state index in [1.807, 2.05) is 19.1 Å². The lowest BCUT2D eigenvalue weighted by molar-refractivity contribution is 0.988. The third-order valence-corrected chi connectivity index (χ3v) is 3.33. The number of hydrogen-bond acceptors (Lipinski definition) is 3. The van der Waals surface area contributed by atoms with Gasteiger partial charge >= 0.3 is 0 Å². The van der Waals surface area contributed by atoms with E-state index in [4.69, 9.17) is 5.73 Å². The van der Waals surface area contributed by atoms with Gasteiger partial charge in [0.15, 0.2) is 0 Å². The molecule has 1 aromatic carbocycles. The van der Waals surface area contributed by atoms with Crippen LogP contribution in [0.15, 0.2) is 30.3 Å². The minimum absolute atomic E-state index is 0.736. The number of aromatic nitrogens is 1. The van der Waals surface area contributed by atoms with Gasteiger partial charge in [-0.25, -0.2) is 4.98 Å². The summed E-state index contributed by atoms with van der Waals surface area (Å²) < 4.78 is 0. The van der Waals surface area contributed by atoms with Crippen LogP contribution in [0.3, 0.4) is 0 Å². The van der Waals surface area contributed by atoms with Gasteiger partial charge in [0.25, 0.3) is 0 Å². The molecular formula is C16H21N3. The van der Waals surface area contributed by atoms with Crippen LogP contribution in [-0.4, -0.2) is 11.5 Å². The van der Waals surface area contributed by atoms with E-state index in [0.29, 0.717) is 0 Å². The number of nitrogens with one attached hydrogen (secondary N) is 1. The molecule has 0 saturated carbocycles. The summed E-state index contributed by atoms with van der Waals surface area (Å²) in [6.07, 6.45) is 0.997. The zero-order valence-electron chi connectivity index (χ0n) is 11.8. The molecule has 3 N–H and O–H groups in total. The molecule has 0 aliphatic rings. The quantitative estimate of drug-likeness (QED) is 0.881. The molecule has 1 heterocycles. The van der Waals surface area contributed by atoms with Crippen molar-refractivity contribution in [1.29, 1.82) is 0 Å². The Bertz CT molecular complexity index is 576. The summed E-state index contributed by atoms with van der Waals surface area (Å²) in [5, 5.41) is 3.34. The van der Waals surface area contributed by atoms with Crippen LogP contribution in [0, 0.1) is 20.8 Å². The molecule has 3 heteroatoms. The van der Waals surface area contributed by atoms with E-state index in [-0.39, 0.29) is 0 Å². The molecule has 0 aliphatic heterocycles. The maximum Gasteiger partial charge on any atom is 0.126 e. The second-order valence-electron chi connectivity index (χ2n) is 4.98. The summed E-state index contributed by atoms with van der Waals surface area (Å²) in [5.41, 5.74) is 11.4. The fraction of sp³-hybridized carbons (Fsp3) is 0.312. The monoisotopic (exact) mass is 255 g/mol. The van der Waals surface area contributed by atoms with Gasteiger partial charge in [0, 0.05) is 6.54 Å². The number of pyridine rings is 1. The minimum Gasteiger partial charge on any atom is -0.397 e. The van der Waals surface area contributed by atoms with E-state index in [2.05, 4.69) is 42.3 Å². The van der Waals surface area contributed by atoms with Crippen molar-refractivity contribution in [2.75, 3.05) is 17.6 Å². The van der Waals surface area contributed by atoms with Gasteiger partial charge < -0.3 is 11.1 Å². The van der Waals surface area contributed by atoms with Crippen LogP contribution < -0.4 is 11.1 Å². The summed E-state index contributed by atoms with van der Waals surface area (Å²) >= 11 is 0. The standard InChI is InChI=1S/C16H21N3/c1-11-4-5-14(12(2)10-11)8-9-18-16-7-6-15(17)13(3)19-16/h4-7,10H,8-9,17H2,1-3H3,(H,18,19). The average molecular weight is 255 g/mol. The largest absolute Gasteiger partial charge is 0.397 e. The molecule has 2 rings (SSSR count). The number of nitrogens with two attached hydrogens (primary N) is 1. The van der Waals surface area contributed by atoms with E-state index >= 15 is 0 Å². The molecular weight excluding hydrogens is 234 g/mol. The van der Waals surface area contributed by atoms with Crippen molar-refractivity contribution in [2.45, 2.75) is 27.2 Å². The highest BCUT2D eigenvalue weighted by molar-refractivity contribution is 5.49. The second-order valence-corrected chi connectivity index (χ2v) is 4.98. The fourth-order valence-corrected chi connectivity index (χ4v) is 2.12. The van der Waals surface area contributed by atoms with Gasteiger partial charge in [-0.2, -0.15) is 0 Å². The maximum atomic E-state index is 5.75. The van der Waals surface area contributed by atoms with Crippen LogP contribution in [0.4, 0.5) is 11.5 Å². The smallest absolute Gasteiger partial charge is 0.126 e. The first kappa shape index (κ1) is 13.4. The zero-order chi connectivity index (χ0) is 13.8. The van der Waals surface area contributed by atoms with Gasteiger partial charge in [-0.05, 0) is 50.5 Å². The molecule has 0 amide bonds. The molecule has 0 saturated heterocycles. The van der Waals surface area contributed by atoms with Crippen molar-refractivity contribution in [3.8, 4) is 0 Å². The Morgan fingerprint density at radius 2 is 1.89 bits per heavy atom. The molecule has 0 aliphatic carbocycles. The van der Waals surface area contributed by atoms with E-state index in [0.717, 1.165) is 30.2 Å². The highest BCUT2D eigenvalue weighted by Gasteiger charge is 2.00. The summed E-state index contributed by atoms with van der Waals surface area (Å²) in [6, 6.07) is 10.4.